The van der Waals surface area contributed by atoms with Gasteiger partial charge in [0.1, 0.15) is 0 Å². The molecule has 2 heterocycles. The zero-order chi connectivity index (χ0) is 12.6. The van der Waals surface area contributed by atoms with Crippen LogP contribution in [-0.2, 0) is 22.7 Å². The Kier molecular flexibility index (Phi) is 3.00. The highest BCUT2D eigenvalue weighted by molar-refractivity contribution is 6.05. The highest BCUT2D eigenvalue weighted by atomic mass is 16.2. The van der Waals surface area contributed by atoms with Crippen molar-refractivity contribution in [1.82, 2.24) is 14.7 Å². The summed E-state index contributed by atoms with van der Waals surface area (Å²) in [4.78, 5) is 24.4. The Morgan fingerprint density at radius 3 is 2.47 bits per heavy atom. The van der Waals surface area contributed by atoms with Crippen molar-refractivity contribution in [1.29, 1.82) is 0 Å². The molecular formula is C12H17N3O2. The van der Waals surface area contributed by atoms with Crippen LogP contribution in [-0.4, -0.2) is 32.9 Å². The van der Waals surface area contributed by atoms with Gasteiger partial charge >= 0.3 is 0 Å². The third-order valence-electron chi connectivity index (χ3n) is 3.25. The topological polar surface area (TPSA) is 55.2 Å². The van der Waals surface area contributed by atoms with Gasteiger partial charge in [-0.05, 0) is 20.8 Å². The van der Waals surface area contributed by atoms with Crippen LogP contribution in [0.3, 0.4) is 0 Å². The monoisotopic (exact) mass is 235 g/mol. The van der Waals surface area contributed by atoms with E-state index in [0.717, 1.165) is 23.5 Å². The summed E-state index contributed by atoms with van der Waals surface area (Å²) in [5.41, 5.74) is 3.09. The highest BCUT2D eigenvalue weighted by Gasteiger charge is 2.28. The highest BCUT2D eigenvalue weighted by Crippen LogP contribution is 2.18. The van der Waals surface area contributed by atoms with Gasteiger partial charge in [-0.15, -0.1) is 0 Å². The van der Waals surface area contributed by atoms with E-state index in [0.29, 0.717) is 6.54 Å². The summed E-state index contributed by atoms with van der Waals surface area (Å²) in [6, 6.07) is 0. The number of aryl methyl sites for hydroxylation is 2. The van der Waals surface area contributed by atoms with Crippen molar-refractivity contribution >= 4 is 11.7 Å². The predicted octanol–water partition coefficient (Wildman–Crippen LogP) is 0.821. The quantitative estimate of drug-likeness (QED) is 0.729. The minimum Gasteiger partial charge on any atom is -0.331 e. The summed E-state index contributed by atoms with van der Waals surface area (Å²) in [5, 5.41) is 4.41. The van der Waals surface area contributed by atoms with Gasteiger partial charge in [-0.1, -0.05) is 0 Å². The lowest BCUT2D eigenvalue weighted by Crippen LogP contribution is -2.25. The molecule has 92 valence electrons. The fourth-order valence-electron chi connectivity index (χ4n) is 2.24. The first kappa shape index (κ1) is 11.8. The Morgan fingerprint density at radius 2 is 2.00 bits per heavy atom. The molecule has 1 fully saturated rings. The van der Waals surface area contributed by atoms with Gasteiger partial charge in [0.2, 0.25) is 5.91 Å². The molecule has 5 nitrogen and oxygen atoms in total. The number of carbonyl (C=O) groups is 2. The van der Waals surface area contributed by atoms with Crippen LogP contribution in [0.15, 0.2) is 0 Å². The van der Waals surface area contributed by atoms with E-state index in [4.69, 9.17) is 0 Å². The number of Topliss-reactive ketones (excluding diaryl/α,β-unsaturated/α-hetero) is 1. The summed E-state index contributed by atoms with van der Waals surface area (Å²) in [6.45, 7) is 7.54. The Hall–Kier alpha value is -1.65. The van der Waals surface area contributed by atoms with Crippen LogP contribution >= 0.6 is 0 Å². The van der Waals surface area contributed by atoms with Crippen LogP contribution in [0.4, 0.5) is 0 Å². The number of carbonyl (C=O) groups excluding carboxylic acids is 2. The lowest BCUT2D eigenvalue weighted by atomic mass is 10.2. The van der Waals surface area contributed by atoms with Crippen LogP contribution in [0.1, 0.15) is 30.3 Å². The molecule has 0 N–H and O–H groups in total. The number of hydrogen-bond acceptors (Lipinski definition) is 3. The van der Waals surface area contributed by atoms with Crippen molar-refractivity contribution in [2.24, 2.45) is 0 Å². The maximum Gasteiger partial charge on any atom is 0.230 e. The number of aromatic nitrogens is 2. The largest absolute Gasteiger partial charge is 0.331 e. The molecule has 2 rings (SSSR count). The minimum absolute atomic E-state index is 0.00758. The molecule has 0 unspecified atom stereocenters. The van der Waals surface area contributed by atoms with E-state index < -0.39 is 0 Å². The smallest absolute Gasteiger partial charge is 0.230 e. The zero-order valence-corrected chi connectivity index (χ0v) is 10.5. The second-order valence-electron chi connectivity index (χ2n) is 4.43. The number of amides is 1. The lowest BCUT2D eigenvalue weighted by molar-refractivity contribution is -0.128. The van der Waals surface area contributed by atoms with Crippen molar-refractivity contribution < 1.29 is 9.59 Å². The number of rotatable bonds is 3. The first-order valence-electron chi connectivity index (χ1n) is 5.85. The molecule has 1 aromatic rings. The Labute approximate surface area is 100 Å². The fourth-order valence-corrected chi connectivity index (χ4v) is 2.24. The maximum absolute atomic E-state index is 11.6. The number of hydrogen-bond donors (Lipinski definition) is 0. The van der Waals surface area contributed by atoms with Gasteiger partial charge < -0.3 is 4.90 Å². The average Bonchev–Trinajstić information content (AvgIpc) is 2.72. The van der Waals surface area contributed by atoms with E-state index in [9.17, 15) is 9.59 Å². The molecule has 0 aromatic carbocycles. The molecule has 0 atom stereocenters. The Morgan fingerprint density at radius 1 is 1.29 bits per heavy atom. The first-order chi connectivity index (χ1) is 8.02. The van der Waals surface area contributed by atoms with Gasteiger partial charge in [0.25, 0.3) is 0 Å². The molecule has 1 aliphatic heterocycles. The van der Waals surface area contributed by atoms with Gasteiger partial charge in [0, 0.05) is 24.3 Å². The van der Waals surface area contributed by atoms with Crippen molar-refractivity contribution in [2.45, 2.75) is 40.3 Å². The fraction of sp³-hybridized carbons (Fsp3) is 0.583. The van der Waals surface area contributed by atoms with Crippen molar-refractivity contribution in [3.8, 4) is 0 Å². The number of ketones is 1. The normalized spacial score (nSPS) is 16.1. The zero-order valence-electron chi connectivity index (χ0n) is 10.5. The number of likely N-dealkylation sites (tertiary alicyclic amines) is 1. The second kappa shape index (κ2) is 4.31. The van der Waals surface area contributed by atoms with Gasteiger partial charge in [0.05, 0.1) is 18.7 Å². The lowest BCUT2D eigenvalue weighted by Gasteiger charge is -2.14. The molecule has 17 heavy (non-hydrogen) atoms. The Balaban J connectivity index is 2.21. The minimum atomic E-state index is -0.0713. The van der Waals surface area contributed by atoms with E-state index in [1.54, 1.807) is 4.90 Å². The number of nitrogens with zero attached hydrogens (tertiary/aromatic N) is 3. The molecule has 0 spiro atoms. The molecule has 0 bridgehead atoms. The molecule has 1 aliphatic rings. The summed E-state index contributed by atoms with van der Waals surface area (Å²) in [7, 11) is 0. The standard InChI is InChI=1S/C12H17N3O2/c1-4-15-9(3)11(8(2)13-15)7-14-6-10(16)5-12(14)17/h4-7H2,1-3H3. The van der Waals surface area contributed by atoms with E-state index in [-0.39, 0.29) is 24.7 Å². The summed E-state index contributed by atoms with van der Waals surface area (Å²) >= 11 is 0. The van der Waals surface area contributed by atoms with Crippen molar-refractivity contribution in [3.05, 3.63) is 17.0 Å². The maximum atomic E-state index is 11.6. The van der Waals surface area contributed by atoms with E-state index in [1.807, 2.05) is 25.5 Å². The van der Waals surface area contributed by atoms with E-state index in [1.165, 1.54) is 0 Å². The van der Waals surface area contributed by atoms with Crippen LogP contribution in [0.2, 0.25) is 0 Å². The van der Waals surface area contributed by atoms with Crippen LogP contribution in [0.5, 0.6) is 0 Å². The molecule has 1 saturated heterocycles. The van der Waals surface area contributed by atoms with Crippen molar-refractivity contribution in [2.75, 3.05) is 6.54 Å². The predicted molar refractivity (Wildman–Crippen MR) is 62.4 cm³/mol. The summed E-state index contributed by atoms with van der Waals surface area (Å²) in [5.74, 6) is -0.0637. The van der Waals surface area contributed by atoms with Crippen LogP contribution in [0, 0.1) is 13.8 Å². The average molecular weight is 235 g/mol. The molecule has 1 amide bonds. The Bertz CT molecular complexity index is 476. The van der Waals surface area contributed by atoms with Crippen LogP contribution in [0.25, 0.3) is 0 Å². The molecule has 5 heteroatoms. The molecule has 0 radical (unpaired) electrons. The van der Waals surface area contributed by atoms with E-state index >= 15 is 0 Å². The van der Waals surface area contributed by atoms with Gasteiger partial charge in [0.15, 0.2) is 5.78 Å². The summed E-state index contributed by atoms with van der Waals surface area (Å²) < 4.78 is 1.92. The SMILES string of the molecule is CCn1nc(C)c(CN2CC(=O)CC2=O)c1C. The second-order valence-corrected chi connectivity index (χ2v) is 4.43. The van der Waals surface area contributed by atoms with Gasteiger partial charge in [-0.2, -0.15) is 5.10 Å². The molecular weight excluding hydrogens is 218 g/mol. The summed E-state index contributed by atoms with van der Waals surface area (Å²) in [6.07, 6.45) is 0.0556. The van der Waals surface area contributed by atoms with Crippen molar-refractivity contribution in [3.63, 3.8) is 0 Å². The third-order valence-corrected chi connectivity index (χ3v) is 3.25. The van der Waals surface area contributed by atoms with Gasteiger partial charge in [-0.25, -0.2) is 0 Å². The van der Waals surface area contributed by atoms with Gasteiger partial charge in [-0.3, -0.25) is 14.3 Å². The van der Waals surface area contributed by atoms with E-state index in [2.05, 4.69) is 5.10 Å². The molecule has 0 aliphatic carbocycles. The molecule has 0 saturated carbocycles. The first-order valence-corrected chi connectivity index (χ1v) is 5.85. The van der Waals surface area contributed by atoms with Crippen LogP contribution < -0.4 is 0 Å². The third kappa shape index (κ3) is 2.09. The molecule has 1 aromatic heterocycles.